The maximum Gasteiger partial charge on any atom is 0.220 e. The van der Waals surface area contributed by atoms with Crippen molar-refractivity contribution < 1.29 is 9.53 Å². The van der Waals surface area contributed by atoms with Crippen molar-refractivity contribution in [3.8, 4) is 28.3 Å². The lowest BCUT2D eigenvalue weighted by Gasteiger charge is -2.17. The van der Waals surface area contributed by atoms with E-state index in [9.17, 15) is 4.79 Å². The van der Waals surface area contributed by atoms with Gasteiger partial charge in [0, 0.05) is 60.0 Å². The molecule has 0 radical (unpaired) electrons. The predicted octanol–water partition coefficient (Wildman–Crippen LogP) is 6.96. The summed E-state index contributed by atoms with van der Waals surface area (Å²) in [6, 6.07) is 20.1. The topological polar surface area (TPSA) is 114 Å². The number of benzene rings is 2. The first kappa shape index (κ1) is 30.4. The molecule has 5 aromatic rings. The van der Waals surface area contributed by atoms with Crippen molar-refractivity contribution in [3.63, 3.8) is 0 Å². The van der Waals surface area contributed by atoms with Crippen LogP contribution in [0.5, 0.6) is 5.88 Å². The van der Waals surface area contributed by atoms with Gasteiger partial charge in [0.15, 0.2) is 5.82 Å². The van der Waals surface area contributed by atoms with Crippen LogP contribution in [0.2, 0.25) is 5.02 Å². The SMILES string of the molecule is COc1nc(-c2cccc(-c3cccc(Nc4nc(C(C)C)nc5cccnc45)c3C)c2Cl)ccc1CNCC1CCC(=O)N1. The van der Waals surface area contributed by atoms with Crippen LogP contribution in [0.4, 0.5) is 11.5 Å². The van der Waals surface area contributed by atoms with E-state index in [-0.39, 0.29) is 17.9 Å². The Labute approximate surface area is 267 Å². The van der Waals surface area contributed by atoms with Crippen molar-refractivity contribution in [2.24, 2.45) is 0 Å². The van der Waals surface area contributed by atoms with E-state index in [2.05, 4.69) is 47.8 Å². The molecule has 1 fully saturated rings. The summed E-state index contributed by atoms with van der Waals surface area (Å²) >= 11 is 7.12. The van der Waals surface area contributed by atoms with E-state index in [0.29, 0.717) is 36.2 Å². The van der Waals surface area contributed by atoms with Gasteiger partial charge in [0.1, 0.15) is 11.3 Å². The van der Waals surface area contributed by atoms with Crippen LogP contribution >= 0.6 is 11.6 Å². The fourth-order valence-corrected chi connectivity index (χ4v) is 5.93. The quantitative estimate of drug-likeness (QED) is 0.153. The molecule has 45 heavy (non-hydrogen) atoms. The van der Waals surface area contributed by atoms with E-state index in [1.807, 2.05) is 54.6 Å². The highest BCUT2D eigenvalue weighted by Gasteiger charge is 2.21. The van der Waals surface area contributed by atoms with Gasteiger partial charge in [-0.3, -0.25) is 9.78 Å². The number of nitrogens with one attached hydrogen (secondary N) is 3. The van der Waals surface area contributed by atoms with Crippen molar-refractivity contribution in [1.82, 2.24) is 30.6 Å². The van der Waals surface area contributed by atoms with E-state index in [1.165, 1.54) is 0 Å². The summed E-state index contributed by atoms with van der Waals surface area (Å²) in [5.41, 5.74) is 7.80. The second kappa shape index (κ2) is 13.2. The Bertz CT molecular complexity index is 1880. The molecule has 1 aliphatic heterocycles. The largest absolute Gasteiger partial charge is 0.481 e. The van der Waals surface area contributed by atoms with Gasteiger partial charge in [-0.2, -0.15) is 0 Å². The van der Waals surface area contributed by atoms with E-state index >= 15 is 0 Å². The lowest BCUT2D eigenvalue weighted by molar-refractivity contribution is -0.119. The Hall–Kier alpha value is -4.60. The summed E-state index contributed by atoms with van der Waals surface area (Å²) in [5.74, 6) is 2.24. The lowest BCUT2D eigenvalue weighted by atomic mass is 9.96. The summed E-state index contributed by atoms with van der Waals surface area (Å²) in [6.07, 6.45) is 3.19. The number of methoxy groups -OCH3 is 1. The van der Waals surface area contributed by atoms with Crippen LogP contribution in [0, 0.1) is 6.92 Å². The molecule has 3 N–H and O–H groups in total. The Morgan fingerprint density at radius 2 is 1.80 bits per heavy atom. The van der Waals surface area contributed by atoms with Gasteiger partial charge in [-0.05, 0) is 48.7 Å². The van der Waals surface area contributed by atoms with Crippen molar-refractivity contribution >= 4 is 40.0 Å². The highest BCUT2D eigenvalue weighted by Crippen LogP contribution is 2.40. The second-order valence-electron chi connectivity index (χ2n) is 11.5. The van der Waals surface area contributed by atoms with Crippen LogP contribution in [0.1, 0.15) is 49.6 Å². The molecule has 9 nitrogen and oxygen atoms in total. The van der Waals surface area contributed by atoms with Crippen LogP contribution in [-0.2, 0) is 11.3 Å². The second-order valence-corrected chi connectivity index (χ2v) is 11.9. The van der Waals surface area contributed by atoms with Crippen molar-refractivity contribution in [3.05, 3.63) is 88.8 Å². The zero-order chi connectivity index (χ0) is 31.5. The molecule has 1 atom stereocenters. The van der Waals surface area contributed by atoms with Crippen molar-refractivity contribution in [1.29, 1.82) is 0 Å². The standard InChI is InChI=1S/C35H36ClN7O2/c1-20(2)33-41-29-12-7-17-38-32(29)34(43-33)40-27-11-6-8-24(21(27)3)25-9-5-10-26(31(25)36)28-15-13-22(35(42-28)45-4)18-37-19-23-14-16-30(44)39-23/h5-13,15,17,20,23,37H,14,16,18-19H2,1-4H3,(H,39,44)(H,40,41,43). The Balaban J connectivity index is 1.28. The van der Waals surface area contributed by atoms with E-state index in [0.717, 1.165) is 62.5 Å². The third-order valence-electron chi connectivity index (χ3n) is 8.06. The van der Waals surface area contributed by atoms with E-state index in [1.54, 1.807) is 13.3 Å². The fraction of sp³-hybridized carbons (Fsp3) is 0.286. The Morgan fingerprint density at radius 1 is 1.00 bits per heavy atom. The van der Waals surface area contributed by atoms with Gasteiger partial charge in [0.05, 0.1) is 23.3 Å². The third kappa shape index (κ3) is 6.45. The van der Waals surface area contributed by atoms with Crippen LogP contribution in [0.3, 0.4) is 0 Å². The number of amides is 1. The Morgan fingerprint density at radius 3 is 2.58 bits per heavy atom. The first-order chi connectivity index (χ1) is 21.8. The number of carbonyl (C=O) groups excluding carboxylic acids is 1. The zero-order valence-electron chi connectivity index (χ0n) is 25.8. The fourth-order valence-electron chi connectivity index (χ4n) is 5.60. The lowest BCUT2D eigenvalue weighted by Crippen LogP contribution is -2.35. The molecule has 230 valence electrons. The molecule has 6 rings (SSSR count). The number of carbonyl (C=O) groups is 1. The smallest absolute Gasteiger partial charge is 0.220 e. The molecule has 1 saturated heterocycles. The number of anilines is 2. The molecule has 1 aliphatic rings. The average molecular weight is 622 g/mol. The van der Waals surface area contributed by atoms with Gasteiger partial charge in [0.2, 0.25) is 11.8 Å². The van der Waals surface area contributed by atoms with Gasteiger partial charge in [-0.15, -0.1) is 0 Å². The normalized spacial score (nSPS) is 14.6. The molecule has 0 bridgehead atoms. The summed E-state index contributed by atoms with van der Waals surface area (Å²) in [4.78, 5) is 30.4. The number of fused-ring (bicyclic) bond motifs is 1. The summed E-state index contributed by atoms with van der Waals surface area (Å²) in [6.45, 7) is 7.50. The van der Waals surface area contributed by atoms with Gasteiger partial charge in [-0.25, -0.2) is 15.0 Å². The monoisotopic (exact) mass is 621 g/mol. The number of hydrogen-bond donors (Lipinski definition) is 3. The average Bonchev–Trinajstić information content (AvgIpc) is 3.47. The number of aromatic nitrogens is 4. The van der Waals surface area contributed by atoms with Crippen molar-refractivity contribution in [2.75, 3.05) is 19.0 Å². The first-order valence-corrected chi connectivity index (χ1v) is 15.5. The Kier molecular flexibility index (Phi) is 8.91. The maximum atomic E-state index is 11.5. The first-order valence-electron chi connectivity index (χ1n) is 15.1. The number of hydrogen-bond acceptors (Lipinski definition) is 8. The predicted molar refractivity (Wildman–Crippen MR) is 179 cm³/mol. The molecular formula is C35H36ClN7O2. The molecule has 4 heterocycles. The van der Waals surface area contributed by atoms with Crippen LogP contribution < -0.4 is 20.7 Å². The van der Waals surface area contributed by atoms with Gasteiger partial charge in [0.25, 0.3) is 0 Å². The number of ether oxygens (including phenoxy) is 1. The molecule has 2 aromatic carbocycles. The van der Waals surface area contributed by atoms with Crippen LogP contribution in [0.15, 0.2) is 66.9 Å². The van der Waals surface area contributed by atoms with E-state index < -0.39 is 0 Å². The minimum atomic E-state index is 0.111. The van der Waals surface area contributed by atoms with E-state index in [4.69, 9.17) is 31.3 Å². The number of rotatable bonds is 10. The number of nitrogens with zero attached hydrogens (tertiary/aromatic N) is 4. The molecule has 0 aliphatic carbocycles. The number of halogens is 1. The van der Waals surface area contributed by atoms with Gasteiger partial charge in [-0.1, -0.05) is 61.8 Å². The molecule has 10 heteroatoms. The summed E-state index contributed by atoms with van der Waals surface area (Å²) < 4.78 is 5.66. The molecule has 0 saturated carbocycles. The van der Waals surface area contributed by atoms with Crippen LogP contribution in [0.25, 0.3) is 33.4 Å². The highest BCUT2D eigenvalue weighted by molar-refractivity contribution is 6.36. The minimum Gasteiger partial charge on any atom is -0.481 e. The summed E-state index contributed by atoms with van der Waals surface area (Å²) in [5, 5.41) is 10.5. The van der Waals surface area contributed by atoms with Gasteiger partial charge < -0.3 is 20.7 Å². The molecule has 1 amide bonds. The highest BCUT2D eigenvalue weighted by atomic mass is 35.5. The molecule has 3 aromatic heterocycles. The number of pyridine rings is 2. The minimum absolute atomic E-state index is 0.111. The third-order valence-corrected chi connectivity index (χ3v) is 8.47. The molecular weight excluding hydrogens is 586 g/mol. The van der Waals surface area contributed by atoms with Crippen molar-refractivity contribution in [2.45, 2.75) is 52.1 Å². The maximum absolute atomic E-state index is 11.5. The zero-order valence-corrected chi connectivity index (χ0v) is 26.6. The summed E-state index contributed by atoms with van der Waals surface area (Å²) in [7, 11) is 1.62. The van der Waals surface area contributed by atoms with Crippen LogP contribution in [-0.4, -0.2) is 45.5 Å². The van der Waals surface area contributed by atoms with Gasteiger partial charge >= 0.3 is 0 Å². The molecule has 1 unspecified atom stereocenters. The molecule has 0 spiro atoms.